The molecule has 130 valence electrons. The summed E-state index contributed by atoms with van der Waals surface area (Å²) in [5.41, 5.74) is 4.43. The molecule has 2 unspecified atom stereocenters. The van der Waals surface area contributed by atoms with Gasteiger partial charge in [0.2, 0.25) is 0 Å². The van der Waals surface area contributed by atoms with Gasteiger partial charge < -0.3 is 4.90 Å². The molecule has 2 aliphatic heterocycles. The van der Waals surface area contributed by atoms with Crippen LogP contribution in [0.5, 0.6) is 0 Å². The van der Waals surface area contributed by atoms with E-state index < -0.39 is 10.8 Å². The molecule has 0 radical (unpaired) electrons. The van der Waals surface area contributed by atoms with Crippen molar-refractivity contribution in [3.63, 3.8) is 0 Å². The van der Waals surface area contributed by atoms with Crippen molar-refractivity contribution >= 4 is 22.5 Å². The molecule has 5 heteroatoms. The van der Waals surface area contributed by atoms with Crippen LogP contribution in [0.2, 0.25) is 0 Å². The molecule has 0 aromatic heterocycles. The summed E-state index contributed by atoms with van der Waals surface area (Å²) >= 11 is 0. The Labute approximate surface area is 150 Å². The van der Waals surface area contributed by atoms with E-state index in [1.807, 2.05) is 47.1 Å². The van der Waals surface area contributed by atoms with Crippen LogP contribution in [0.4, 0.5) is 10.5 Å². The minimum absolute atomic E-state index is 0.0213. The number of hydrogen-bond acceptors (Lipinski definition) is 2. The molecule has 0 N–H and O–H groups in total. The number of hydrogen-bond donors (Lipinski definition) is 0. The molecular weight excluding hydrogens is 332 g/mol. The van der Waals surface area contributed by atoms with Gasteiger partial charge in [0, 0.05) is 40.5 Å². The monoisotopic (exact) mass is 354 g/mol. The lowest BCUT2D eigenvalue weighted by atomic mass is 9.93. The van der Waals surface area contributed by atoms with Crippen LogP contribution in [0.1, 0.15) is 18.9 Å². The fourth-order valence-corrected chi connectivity index (χ4v) is 4.80. The predicted octanol–water partition coefficient (Wildman–Crippen LogP) is 3.64. The summed E-state index contributed by atoms with van der Waals surface area (Å²) in [7, 11) is -0.838. The van der Waals surface area contributed by atoms with E-state index in [0.717, 1.165) is 17.7 Å². The smallest absolute Gasteiger partial charge is 0.323 e. The van der Waals surface area contributed by atoms with Crippen LogP contribution in [0.25, 0.3) is 11.1 Å². The van der Waals surface area contributed by atoms with Crippen LogP contribution in [0.3, 0.4) is 0 Å². The molecule has 0 bridgehead atoms. The third kappa shape index (κ3) is 2.97. The number of carbonyl (C=O) groups is 1. The molecule has 0 spiro atoms. The molecule has 2 aromatic rings. The molecule has 0 saturated carbocycles. The van der Waals surface area contributed by atoms with E-state index >= 15 is 0 Å². The third-order valence-corrected chi connectivity index (χ3v) is 6.87. The maximum absolute atomic E-state index is 13.2. The van der Waals surface area contributed by atoms with Crippen molar-refractivity contribution in [2.45, 2.75) is 25.1 Å². The Morgan fingerprint density at radius 3 is 2.60 bits per heavy atom. The SMILES string of the molecule is CC1CCN(C(=O)N2Cc3ccccc3-c3ccccc32)CCS1=O. The molecule has 4 nitrogen and oxygen atoms in total. The molecule has 2 aliphatic rings. The van der Waals surface area contributed by atoms with Crippen LogP contribution in [0, 0.1) is 0 Å². The second kappa shape index (κ2) is 6.64. The lowest BCUT2D eigenvalue weighted by Gasteiger charge is -2.35. The van der Waals surface area contributed by atoms with Crippen molar-refractivity contribution < 1.29 is 9.00 Å². The van der Waals surface area contributed by atoms with Crippen LogP contribution < -0.4 is 4.90 Å². The fraction of sp³-hybridized carbons (Fsp3) is 0.350. The molecule has 1 fully saturated rings. The first-order chi connectivity index (χ1) is 12.1. The van der Waals surface area contributed by atoms with Crippen molar-refractivity contribution in [3.8, 4) is 11.1 Å². The summed E-state index contributed by atoms with van der Waals surface area (Å²) in [6, 6.07) is 16.4. The molecule has 25 heavy (non-hydrogen) atoms. The number of anilines is 1. The summed E-state index contributed by atoms with van der Waals surface area (Å²) < 4.78 is 12.1. The maximum atomic E-state index is 13.2. The fourth-order valence-electron chi connectivity index (χ4n) is 3.63. The first-order valence-corrected chi connectivity index (χ1v) is 10.1. The van der Waals surface area contributed by atoms with E-state index in [4.69, 9.17) is 0 Å². The number of para-hydroxylation sites is 1. The summed E-state index contributed by atoms with van der Waals surface area (Å²) in [6.45, 7) is 3.83. The van der Waals surface area contributed by atoms with Gasteiger partial charge in [0.25, 0.3) is 0 Å². The highest BCUT2D eigenvalue weighted by atomic mass is 32.2. The zero-order valence-corrected chi connectivity index (χ0v) is 15.2. The van der Waals surface area contributed by atoms with Gasteiger partial charge in [0.15, 0.2) is 0 Å². The average molecular weight is 354 g/mol. The highest BCUT2D eigenvalue weighted by molar-refractivity contribution is 7.85. The average Bonchev–Trinajstić information content (AvgIpc) is 2.82. The Morgan fingerprint density at radius 1 is 1.04 bits per heavy atom. The minimum atomic E-state index is -0.838. The van der Waals surface area contributed by atoms with Crippen LogP contribution in [-0.2, 0) is 17.3 Å². The van der Waals surface area contributed by atoms with Crippen LogP contribution >= 0.6 is 0 Å². The van der Waals surface area contributed by atoms with Gasteiger partial charge in [-0.15, -0.1) is 0 Å². The molecule has 2 heterocycles. The quantitative estimate of drug-likeness (QED) is 0.725. The highest BCUT2D eigenvalue weighted by Gasteiger charge is 2.31. The summed E-state index contributed by atoms with van der Waals surface area (Å²) in [5.74, 6) is 0.568. The van der Waals surface area contributed by atoms with E-state index in [0.29, 0.717) is 25.4 Å². The van der Waals surface area contributed by atoms with Crippen LogP contribution in [-0.4, -0.2) is 39.2 Å². The van der Waals surface area contributed by atoms with Crippen molar-refractivity contribution in [1.82, 2.24) is 4.90 Å². The van der Waals surface area contributed by atoms with Crippen molar-refractivity contribution in [2.24, 2.45) is 0 Å². The normalized spacial score (nSPS) is 22.8. The lowest BCUT2D eigenvalue weighted by molar-refractivity contribution is 0.207. The zero-order valence-electron chi connectivity index (χ0n) is 14.4. The molecule has 2 amide bonds. The van der Waals surface area contributed by atoms with Crippen LogP contribution in [0.15, 0.2) is 48.5 Å². The second-order valence-corrected chi connectivity index (χ2v) is 8.69. The topological polar surface area (TPSA) is 40.6 Å². The van der Waals surface area contributed by atoms with Crippen molar-refractivity contribution in [3.05, 3.63) is 54.1 Å². The molecule has 0 aliphatic carbocycles. The Balaban J connectivity index is 1.67. The second-order valence-electron chi connectivity index (χ2n) is 6.71. The van der Waals surface area contributed by atoms with Crippen molar-refractivity contribution in [1.29, 1.82) is 0 Å². The van der Waals surface area contributed by atoms with Gasteiger partial charge in [-0.05, 0) is 23.6 Å². The van der Waals surface area contributed by atoms with E-state index in [1.54, 1.807) is 0 Å². The van der Waals surface area contributed by atoms with Gasteiger partial charge in [-0.3, -0.25) is 9.11 Å². The minimum Gasteiger partial charge on any atom is -0.323 e. The van der Waals surface area contributed by atoms with Gasteiger partial charge in [-0.25, -0.2) is 4.79 Å². The largest absolute Gasteiger partial charge is 0.324 e. The summed E-state index contributed by atoms with van der Waals surface area (Å²) in [6.07, 6.45) is 0.796. The Hall–Kier alpha value is -2.14. The number of rotatable bonds is 0. The number of nitrogens with zero attached hydrogens (tertiary/aromatic N) is 2. The number of urea groups is 1. The molecular formula is C20H22N2O2S. The summed E-state index contributed by atoms with van der Waals surface area (Å²) in [5, 5.41) is 0.159. The standard InChI is InChI=1S/C20H22N2O2S/c1-15-10-11-21(12-13-25(15)24)20(23)22-14-16-6-2-3-7-17(16)18-8-4-5-9-19(18)22/h2-9,15H,10-14H2,1H3. The number of fused-ring (bicyclic) bond motifs is 3. The highest BCUT2D eigenvalue weighted by Crippen LogP contribution is 2.39. The third-order valence-electron chi connectivity index (χ3n) is 5.15. The van der Waals surface area contributed by atoms with Crippen molar-refractivity contribution in [2.75, 3.05) is 23.7 Å². The number of benzene rings is 2. The van der Waals surface area contributed by atoms with Gasteiger partial charge in [0.1, 0.15) is 0 Å². The predicted molar refractivity (Wildman–Crippen MR) is 102 cm³/mol. The Bertz CT molecular complexity index is 836. The number of carbonyl (C=O) groups excluding carboxylic acids is 1. The van der Waals surface area contributed by atoms with Gasteiger partial charge in [-0.2, -0.15) is 0 Å². The summed E-state index contributed by atoms with van der Waals surface area (Å²) in [4.78, 5) is 17.0. The Kier molecular flexibility index (Phi) is 4.34. The number of amides is 2. The van der Waals surface area contributed by atoms with Gasteiger partial charge in [0.05, 0.1) is 12.2 Å². The lowest BCUT2D eigenvalue weighted by Crippen LogP contribution is -2.45. The van der Waals surface area contributed by atoms with E-state index in [2.05, 4.69) is 18.2 Å². The Morgan fingerprint density at radius 2 is 1.76 bits per heavy atom. The first-order valence-electron chi connectivity index (χ1n) is 8.76. The molecule has 2 atom stereocenters. The van der Waals surface area contributed by atoms with Gasteiger partial charge in [-0.1, -0.05) is 49.4 Å². The van der Waals surface area contributed by atoms with E-state index in [1.165, 1.54) is 11.1 Å². The van der Waals surface area contributed by atoms with E-state index in [-0.39, 0.29) is 11.3 Å². The van der Waals surface area contributed by atoms with Gasteiger partial charge >= 0.3 is 6.03 Å². The molecule has 4 rings (SSSR count). The molecule has 2 aromatic carbocycles. The maximum Gasteiger partial charge on any atom is 0.324 e. The first kappa shape index (κ1) is 16.3. The zero-order chi connectivity index (χ0) is 17.4. The molecule has 1 saturated heterocycles. The van der Waals surface area contributed by atoms with E-state index in [9.17, 15) is 9.00 Å².